The van der Waals surface area contributed by atoms with Gasteiger partial charge in [-0.3, -0.25) is 14.9 Å². The number of Topliss-reactive ketones (excluding diaryl/α,β-unsaturated/α-hetero) is 1. The lowest BCUT2D eigenvalue weighted by atomic mass is 10.2. The van der Waals surface area contributed by atoms with Crippen molar-refractivity contribution in [2.45, 2.75) is 18.2 Å². The van der Waals surface area contributed by atoms with E-state index in [2.05, 4.69) is 25.5 Å². The number of aryl methyl sites for hydroxylation is 1. The van der Waals surface area contributed by atoms with Gasteiger partial charge in [-0.15, -0.1) is 11.3 Å². The third kappa shape index (κ3) is 4.05. The number of rotatable bonds is 6. The first kappa shape index (κ1) is 20.8. The van der Waals surface area contributed by atoms with Crippen LogP contribution in [-0.2, 0) is 0 Å². The molecule has 0 aliphatic carbocycles. The average molecular weight is 502 g/mol. The number of nitrogens with zero attached hydrogens (tertiary/aromatic N) is 3. The van der Waals surface area contributed by atoms with Crippen LogP contribution in [0.4, 0.5) is 5.69 Å². The first-order valence-electron chi connectivity index (χ1n) is 8.99. The number of halogens is 1. The van der Waals surface area contributed by atoms with Crippen LogP contribution < -0.4 is 0 Å². The van der Waals surface area contributed by atoms with Crippen LogP contribution in [0.1, 0.15) is 21.7 Å². The molecule has 2 aromatic heterocycles. The van der Waals surface area contributed by atoms with Gasteiger partial charge in [0.15, 0.2) is 10.1 Å². The van der Waals surface area contributed by atoms with Crippen LogP contribution in [0.15, 0.2) is 57.3 Å². The van der Waals surface area contributed by atoms with Crippen molar-refractivity contribution < 1.29 is 9.72 Å². The van der Waals surface area contributed by atoms with Crippen LogP contribution in [0, 0.1) is 24.0 Å². The van der Waals surface area contributed by atoms with Crippen molar-refractivity contribution in [2.24, 2.45) is 0 Å². The Morgan fingerprint density at radius 3 is 2.63 bits per heavy atom. The lowest BCUT2D eigenvalue weighted by molar-refractivity contribution is -0.384. The number of nitro benzene ring substituents is 1. The van der Waals surface area contributed by atoms with Gasteiger partial charge in [-0.05, 0) is 50.2 Å². The maximum Gasteiger partial charge on any atom is 0.270 e. The topological polar surface area (TPSA) is 78.0 Å². The minimum absolute atomic E-state index is 0.0294. The molecule has 2 heterocycles. The predicted molar refractivity (Wildman–Crippen MR) is 124 cm³/mol. The molecule has 0 aliphatic rings. The molecule has 152 valence electrons. The molecule has 0 fully saturated rings. The molecule has 0 saturated heterocycles. The number of fused-ring (bicyclic) bond motifs is 1. The highest BCUT2D eigenvalue weighted by molar-refractivity contribution is 9.10. The smallest absolute Gasteiger partial charge is 0.270 e. The molecule has 0 saturated carbocycles. The zero-order valence-corrected chi connectivity index (χ0v) is 19.3. The number of thiazole rings is 1. The van der Waals surface area contributed by atoms with Crippen molar-refractivity contribution in [2.75, 3.05) is 5.75 Å². The number of aromatic nitrogens is 2. The van der Waals surface area contributed by atoms with Gasteiger partial charge in [0, 0.05) is 39.2 Å². The van der Waals surface area contributed by atoms with Crippen molar-refractivity contribution in [1.29, 1.82) is 0 Å². The summed E-state index contributed by atoms with van der Waals surface area (Å²) in [5.41, 5.74) is 4.34. The Balaban J connectivity index is 1.53. The molecule has 6 nitrogen and oxygen atoms in total. The van der Waals surface area contributed by atoms with Crippen molar-refractivity contribution in [3.8, 4) is 5.69 Å². The van der Waals surface area contributed by atoms with Gasteiger partial charge in [-0.2, -0.15) is 0 Å². The fourth-order valence-electron chi connectivity index (χ4n) is 3.31. The number of benzene rings is 2. The summed E-state index contributed by atoms with van der Waals surface area (Å²) in [6, 6.07) is 14.5. The van der Waals surface area contributed by atoms with E-state index in [1.807, 2.05) is 44.2 Å². The molecule has 9 heteroatoms. The predicted octanol–water partition coefficient (Wildman–Crippen LogP) is 6.35. The molecule has 4 rings (SSSR count). The number of thioether (sulfide) groups is 1. The van der Waals surface area contributed by atoms with Gasteiger partial charge in [-0.25, -0.2) is 4.98 Å². The summed E-state index contributed by atoms with van der Waals surface area (Å²) in [4.78, 5) is 27.9. The fraction of sp³-hybridized carbons (Fsp3) is 0.143. The first-order valence-corrected chi connectivity index (χ1v) is 11.6. The van der Waals surface area contributed by atoms with Crippen LogP contribution in [0.3, 0.4) is 0 Å². The maximum absolute atomic E-state index is 12.9. The molecular formula is C21H16BrN3O3S2. The summed E-state index contributed by atoms with van der Waals surface area (Å²) in [5, 5.41) is 10.9. The van der Waals surface area contributed by atoms with Crippen molar-refractivity contribution in [1.82, 2.24) is 9.55 Å². The normalized spacial score (nSPS) is 11.2. The Bertz CT molecular complexity index is 1280. The van der Waals surface area contributed by atoms with Gasteiger partial charge in [0.25, 0.3) is 5.69 Å². The number of carbonyl (C=O) groups excluding carboxylic acids is 1. The summed E-state index contributed by atoms with van der Waals surface area (Å²) in [7, 11) is 0. The molecule has 0 unspecified atom stereocenters. The molecule has 0 aliphatic heterocycles. The third-order valence-electron chi connectivity index (χ3n) is 4.71. The number of ketones is 1. The summed E-state index contributed by atoms with van der Waals surface area (Å²) >= 11 is 6.17. The second kappa shape index (κ2) is 8.33. The number of nitro groups is 1. The van der Waals surface area contributed by atoms with E-state index in [9.17, 15) is 14.9 Å². The number of hydrogen-bond donors (Lipinski definition) is 0. The molecule has 0 radical (unpaired) electrons. The first-order chi connectivity index (χ1) is 14.3. The van der Waals surface area contributed by atoms with Crippen LogP contribution >= 0.6 is 39.0 Å². The monoisotopic (exact) mass is 501 g/mol. The number of hydrogen-bond acceptors (Lipinski definition) is 6. The van der Waals surface area contributed by atoms with Gasteiger partial charge < -0.3 is 4.57 Å². The average Bonchev–Trinajstić information content (AvgIpc) is 3.26. The van der Waals surface area contributed by atoms with Crippen LogP contribution in [-0.4, -0.2) is 26.0 Å². The minimum atomic E-state index is -0.420. The standard InChI is InChI=1S/C21H16BrN3O3S2/c1-12-9-17(13(2)24(12)15-5-3-14(22)4-6-15)19(26)11-29-21-23-18-8-7-16(25(27)28)10-20(18)30-21/h3-10H,11H2,1-2H3. The highest BCUT2D eigenvalue weighted by Gasteiger charge is 2.18. The van der Waals surface area contributed by atoms with Crippen molar-refractivity contribution >= 4 is 60.7 Å². The largest absolute Gasteiger partial charge is 0.318 e. The Labute approximate surface area is 189 Å². The van der Waals surface area contributed by atoms with Gasteiger partial charge in [-0.1, -0.05) is 27.7 Å². The van der Waals surface area contributed by atoms with Crippen LogP contribution in [0.5, 0.6) is 0 Å². The third-order valence-corrected chi connectivity index (χ3v) is 7.40. The highest BCUT2D eigenvalue weighted by Crippen LogP contribution is 2.32. The van der Waals surface area contributed by atoms with Gasteiger partial charge >= 0.3 is 0 Å². The van der Waals surface area contributed by atoms with E-state index < -0.39 is 4.92 Å². The second-order valence-corrected chi connectivity index (χ2v) is 9.87. The Hall–Kier alpha value is -2.49. The second-order valence-electron chi connectivity index (χ2n) is 6.70. The molecule has 0 atom stereocenters. The van der Waals surface area contributed by atoms with Crippen LogP contribution in [0.2, 0.25) is 0 Å². The van der Waals surface area contributed by atoms with Crippen molar-refractivity contribution in [3.63, 3.8) is 0 Å². The summed E-state index contributed by atoms with van der Waals surface area (Å²) in [5.74, 6) is 0.286. The van der Waals surface area contributed by atoms with Crippen molar-refractivity contribution in [3.05, 3.63) is 80.1 Å². The molecule has 0 amide bonds. The fourth-order valence-corrected chi connectivity index (χ4v) is 5.55. The summed E-state index contributed by atoms with van der Waals surface area (Å²) < 4.78 is 4.54. The molecule has 0 bridgehead atoms. The van der Waals surface area contributed by atoms with E-state index in [0.29, 0.717) is 11.1 Å². The minimum Gasteiger partial charge on any atom is -0.318 e. The molecule has 2 aromatic carbocycles. The lowest BCUT2D eigenvalue weighted by Crippen LogP contribution is -2.05. The zero-order chi connectivity index (χ0) is 21.4. The van der Waals surface area contributed by atoms with E-state index in [1.54, 1.807) is 6.07 Å². The maximum atomic E-state index is 12.9. The molecular weight excluding hydrogens is 486 g/mol. The van der Waals surface area contributed by atoms with E-state index in [0.717, 1.165) is 30.6 Å². The molecule has 4 aromatic rings. The molecule has 30 heavy (non-hydrogen) atoms. The van der Waals surface area contributed by atoms with Gasteiger partial charge in [0.1, 0.15) is 0 Å². The Kier molecular flexibility index (Phi) is 5.77. The van der Waals surface area contributed by atoms with Gasteiger partial charge in [0.2, 0.25) is 0 Å². The quantitative estimate of drug-likeness (QED) is 0.133. The number of non-ortho nitro benzene ring substituents is 1. The van der Waals surface area contributed by atoms with E-state index >= 15 is 0 Å². The molecule has 0 spiro atoms. The SMILES string of the molecule is Cc1cc(C(=O)CSc2nc3ccc([N+](=O)[O-])cc3s2)c(C)n1-c1ccc(Br)cc1. The Morgan fingerprint density at radius 2 is 1.93 bits per heavy atom. The lowest BCUT2D eigenvalue weighted by Gasteiger charge is -2.10. The van der Waals surface area contributed by atoms with E-state index in [4.69, 9.17) is 0 Å². The Morgan fingerprint density at radius 1 is 1.20 bits per heavy atom. The number of carbonyl (C=O) groups is 1. The van der Waals surface area contributed by atoms with Crippen LogP contribution in [0.25, 0.3) is 15.9 Å². The summed E-state index contributed by atoms with van der Waals surface area (Å²) in [6.45, 7) is 3.93. The van der Waals surface area contributed by atoms with E-state index in [-0.39, 0.29) is 17.2 Å². The molecule has 0 N–H and O–H groups in total. The van der Waals surface area contributed by atoms with E-state index in [1.165, 1.54) is 35.2 Å². The zero-order valence-electron chi connectivity index (χ0n) is 16.1. The van der Waals surface area contributed by atoms with Gasteiger partial charge in [0.05, 0.1) is 20.9 Å². The summed E-state index contributed by atoms with van der Waals surface area (Å²) in [6.07, 6.45) is 0. The highest BCUT2D eigenvalue weighted by atomic mass is 79.9.